The van der Waals surface area contributed by atoms with Gasteiger partial charge in [-0.1, -0.05) is 7.43 Å². The first kappa shape index (κ1) is 16.8. The molecule has 0 aromatic carbocycles. The van der Waals surface area contributed by atoms with Crippen LogP contribution in [0.15, 0.2) is 5.11 Å². The van der Waals surface area contributed by atoms with E-state index >= 15 is 0 Å². The van der Waals surface area contributed by atoms with Crippen LogP contribution in [0, 0.1) is 39.9 Å². The molecular weight excluding hydrogens is 209 g/mol. The molecule has 0 aromatic heterocycles. The van der Waals surface area contributed by atoms with E-state index in [1.807, 2.05) is 0 Å². The standard InChI is InChI=1S/CH3N2.CH4.Gd/c1-3-2;;/h1H3;1H4;/q-1;;. The topological polar surface area (TPSA) is 34.7 Å². The van der Waals surface area contributed by atoms with Crippen molar-refractivity contribution in [3.8, 4) is 0 Å². The fourth-order valence-electron chi connectivity index (χ4n) is 0. The molecule has 3 heteroatoms. The van der Waals surface area contributed by atoms with Gasteiger partial charge in [-0.25, -0.2) is 0 Å². The Bertz CT molecular complexity index is 15.1. The van der Waals surface area contributed by atoms with Gasteiger partial charge in [0.2, 0.25) is 0 Å². The Morgan fingerprint density at radius 1 is 1.60 bits per heavy atom. The Balaban J connectivity index is -0.0000000200. The first-order valence-electron chi connectivity index (χ1n) is 0.647. The van der Waals surface area contributed by atoms with Crippen LogP contribution in [0.25, 0.3) is 5.53 Å². The molecule has 34 valence electrons. The minimum absolute atomic E-state index is 0. The summed E-state index contributed by atoms with van der Waals surface area (Å²) in [5, 5.41) is 2.50. The van der Waals surface area contributed by atoms with Crippen molar-refractivity contribution in [3.63, 3.8) is 0 Å². The van der Waals surface area contributed by atoms with E-state index in [-0.39, 0.29) is 47.4 Å². The summed E-state index contributed by atoms with van der Waals surface area (Å²) in [6.45, 7) is 0. The average molecular weight is 216 g/mol. The van der Waals surface area contributed by atoms with E-state index in [0.29, 0.717) is 0 Å². The monoisotopic (exact) mass is 217 g/mol. The van der Waals surface area contributed by atoms with Crippen LogP contribution < -0.4 is 0 Å². The summed E-state index contributed by atoms with van der Waals surface area (Å²) in [5.41, 5.74) is 7.19. The summed E-state index contributed by atoms with van der Waals surface area (Å²) in [7, 11) is 1.31. The molecular formula is C2H7GdN2-. The molecule has 0 aliphatic carbocycles. The van der Waals surface area contributed by atoms with E-state index in [1.54, 1.807) is 0 Å². The Kier molecular flexibility index (Phi) is 68.8. The molecule has 0 saturated carbocycles. The van der Waals surface area contributed by atoms with Crippen molar-refractivity contribution < 1.29 is 39.9 Å². The normalized spacial score (nSPS) is 2.60. The van der Waals surface area contributed by atoms with Crippen LogP contribution in [0.5, 0.6) is 0 Å². The van der Waals surface area contributed by atoms with Crippen LogP contribution in [-0.2, 0) is 0 Å². The van der Waals surface area contributed by atoms with Crippen LogP contribution in [0.3, 0.4) is 0 Å². The smallest absolute Gasteiger partial charge is 0.00381 e. The van der Waals surface area contributed by atoms with E-state index < -0.39 is 0 Å². The predicted octanol–water partition coefficient (Wildman–Crippen LogP) is 1.27. The number of hydrogen-bond donors (Lipinski definition) is 0. The number of rotatable bonds is 0. The van der Waals surface area contributed by atoms with E-state index in [0.717, 1.165) is 0 Å². The molecule has 2 nitrogen and oxygen atoms in total. The van der Waals surface area contributed by atoms with Gasteiger partial charge in [0, 0.05) is 47.0 Å². The zero-order valence-corrected chi connectivity index (χ0v) is 4.52. The predicted molar refractivity (Wildman–Crippen MR) is 18.4 cm³/mol. The minimum Gasteiger partial charge on any atom is -0.712 e. The summed E-state index contributed by atoms with van der Waals surface area (Å²) in [6.07, 6.45) is 0. The molecule has 0 aromatic rings. The van der Waals surface area contributed by atoms with Gasteiger partial charge in [0.25, 0.3) is 0 Å². The molecule has 0 heterocycles. The molecule has 0 amide bonds. The third kappa shape index (κ3) is 49.3. The van der Waals surface area contributed by atoms with E-state index in [1.165, 1.54) is 7.05 Å². The quantitative estimate of drug-likeness (QED) is 0.547. The second-order valence-electron chi connectivity index (χ2n) is 0.200. The summed E-state index contributed by atoms with van der Waals surface area (Å²) < 4.78 is 0. The van der Waals surface area contributed by atoms with E-state index in [4.69, 9.17) is 5.53 Å². The molecule has 5 heavy (non-hydrogen) atoms. The Labute approximate surface area is 64.5 Å². The van der Waals surface area contributed by atoms with E-state index in [2.05, 4.69) is 5.11 Å². The van der Waals surface area contributed by atoms with Gasteiger partial charge >= 0.3 is 0 Å². The van der Waals surface area contributed by atoms with Crippen LogP contribution in [0.4, 0.5) is 0 Å². The van der Waals surface area contributed by atoms with Crippen molar-refractivity contribution in [2.45, 2.75) is 7.43 Å². The molecule has 0 aliphatic rings. The van der Waals surface area contributed by atoms with Gasteiger partial charge in [0.1, 0.15) is 0 Å². The van der Waals surface area contributed by atoms with Gasteiger partial charge in [-0.05, 0) is 0 Å². The fourth-order valence-corrected chi connectivity index (χ4v) is 0. The third-order valence-electron chi connectivity index (χ3n) is 0. The summed E-state index contributed by atoms with van der Waals surface area (Å²) in [6, 6.07) is 0. The third-order valence-corrected chi connectivity index (χ3v) is 0. The molecule has 0 N–H and O–H groups in total. The van der Waals surface area contributed by atoms with Crippen molar-refractivity contribution in [1.29, 1.82) is 0 Å². The van der Waals surface area contributed by atoms with Crippen molar-refractivity contribution >= 4 is 0 Å². The van der Waals surface area contributed by atoms with Crippen molar-refractivity contribution in [3.05, 3.63) is 5.53 Å². The average Bonchev–Trinajstić information content (AvgIpc) is 0.918. The number of nitrogens with zero attached hydrogens (tertiary/aromatic N) is 2. The van der Waals surface area contributed by atoms with Crippen molar-refractivity contribution in [2.24, 2.45) is 5.11 Å². The van der Waals surface area contributed by atoms with Gasteiger partial charge in [-0.2, -0.15) is 0 Å². The van der Waals surface area contributed by atoms with Crippen LogP contribution >= 0.6 is 0 Å². The largest absolute Gasteiger partial charge is 0.712 e. The molecule has 0 radical (unpaired) electrons. The van der Waals surface area contributed by atoms with Gasteiger partial charge in [-0.3, -0.25) is 0 Å². The maximum atomic E-state index is 7.19. The Hall–Kier alpha value is 0.925. The van der Waals surface area contributed by atoms with Crippen LogP contribution in [-0.4, -0.2) is 7.05 Å². The van der Waals surface area contributed by atoms with Crippen molar-refractivity contribution in [2.75, 3.05) is 7.05 Å². The van der Waals surface area contributed by atoms with Gasteiger partial charge in [0.05, 0.1) is 0 Å². The first-order chi connectivity index (χ1) is 1.41. The second-order valence-corrected chi connectivity index (χ2v) is 0.200. The zero-order chi connectivity index (χ0) is 2.71. The van der Waals surface area contributed by atoms with Crippen LogP contribution in [0.2, 0.25) is 0 Å². The molecule has 0 bridgehead atoms. The van der Waals surface area contributed by atoms with Gasteiger partial charge in [0.15, 0.2) is 0 Å². The number of hydrogen-bond acceptors (Lipinski definition) is 1. The molecule has 0 saturated heterocycles. The zero-order valence-electron chi connectivity index (χ0n) is 2.25. The minimum atomic E-state index is 0. The van der Waals surface area contributed by atoms with Crippen molar-refractivity contribution in [1.82, 2.24) is 0 Å². The molecule has 0 atom stereocenters. The Morgan fingerprint density at radius 3 is 1.60 bits per heavy atom. The molecule has 0 aliphatic heterocycles. The Morgan fingerprint density at radius 2 is 1.60 bits per heavy atom. The summed E-state index contributed by atoms with van der Waals surface area (Å²) in [5.74, 6) is 0. The molecule has 0 unspecified atom stereocenters. The van der Waals surface area contributed by atoms with Gasteiger partial charge < -0.3 is 10.6 Å². The SMILES string of the molecule is C.CN=[N-].[Gd]. The van der Waals surface area contributed by atoms with Gasteiger partial charge in [-0.15, -0.1) is 0 Å². The maximum Gasteiger partial charge on any atom is 0.00381 e. The first-order valence-corrected chi connectivity index (χ1v) is 0.647. The summed E-state index contributed by atoms with van der Waals surface area (Å²) in [4.78, 5) is 0. The maximum absolute atomic E-state index is 7.19. The van der Waals surface area contributed by atoms with Crippen LogP contribution in [0.1, 0.15) is 7.43 Å². The molecule has 0 fully saturated rings. The second kappa shape index (κ2) is 20.5. The summed E-state index contributed by atoms with van der Waals surface area (Å²) >= 11 is 0. The molecule has 0 rings (SSSR count). The fraction of sp³-hybridized carbons (Fsp3) is 1.00. The van der Waals surface area contributed by atoms with E-state index in [9.17, 15) is 0 Å². The molecule has 0 spiro atoms.